The average molecular weight is 213 g/mol. The zero-order valence-corrected chi connectivity index (χ0v) is 8.46. The summed E-state index contributed by atoms with van der Waals surface area (Å²) in [4.78, 5) is 10.7. The predicted molar refractivity (Wildman–Crippen MR) is 52.9 cm³/mol. The molecule has 0 aliphatic carbocycles. The summed E-state index contributed by atoms with van der Waals surface area (Å²) in [6, 6.07) is 0. The van der Waals surface area contributed by atoms with Crippen LogP contribution >= 0.6 is 24.2 Å². The quantitative estimate of drug-likeness (QED) is 0.414. The molecule has 0 aromatic rings. The first-order valence-electron chi connectivity index (χ1n) is 3.29. The van der Waals surface area contributed by atoms with E-state index in [9.17, 15) is 4.79 Å². The highest BCUT2D eigenvalue weighted by atomic mass is 35.5. The fourth-order valence-electron chi connectivity index (χ4n) is 0.477. The van der Waals surface area contributed by atoms with E-state index in [1.807, 2.05) is 0 Å². The Kier molecular flexibility index (Phi) is 10.2. The minimum absolute atomic E-state index is 0. The number of amidine groups is 1. The van der Waals surface area contributed by atoms with Gasteiger partial charge >= 0.3 is 5.97 Å². The van der Waals surface area contributed by atoms with E-state index in [1.165, 1.54) is 0 Å². The van der Waals surface area contributed by atoms with Gasteiger partial charge in [-0.3, -0.25) is 10.2 Å². The summed E-state index contributed by atoms with van der Waals surface area (Å²) in [5.41, 5.74) is 5.05. The van der Waals surface area contributed by atoms with Crippen LogP contribution in [0.4, 0.5) is 0 Å². The van der Waals surface area contributed by atoms with Crippen molar-refractivity contribution in [1.29, 1.82) is 5.41 Å². The van der Waals surface area contributed by atoms with Crippen LogP contribution in [-0.2, 0) is 9.53 Å². The molecule has 0 rings (SSSR count). The Labute approximate surface area is 82.1 Å². The smallest absolute Gasteiger partial charge is 0.306 e. The van der Waals surface area contributed by atoms with Crippen LogP contribution in [0.2, 0.25) is 0 Å². The van der Waals surface area contributed by atoms with Gasteiger partial charge in [0, 0.05) is 5.75 Å². The number of carbonyl (C=O) groups excluding carboxylic acids is 1. The van der Waals surface area contributed by atoms with Gasteiger partial charge in [0.25, 0.3) is 0 Å². The van der Waals surface area contributed by atoms with Crippen LogP contribution in [0.1, 0.15) is 13.3 Å². The highest BCUT2D eigenvalue weighted by molar-refractivity contribution is 8.13. The summed E-state index contributed by atoms with van der Waals surface area (Å²) in [5, 5.41) is 6.87. The molecule has 0 aromatic carbocycles. The van der Waals surface area contributed by atoms with Crippen molar-refractivity contribution in [2.24, 2.45) is 5.73 Å². The molecule has 0 saturated heterocycles. The first-order valence-corrected chi connectivity index (χ1v) is 4.27. The number of rotatable bonds is 4. The first-order chi connectivity index (χ1) is 5.16. The third-order valence-corrected chi connectivity index (χ3v) is 1.59. The molecule has 0 aliphatic heterocycles. The zero-order chi connectivity index (χ0) is 8.69. The molecular weight excluding hydrogens is 200 g/mol. The maximum Gasteiger partial charge on any atom is 0.306 e. The van der Waals surface area contributed by atoms with E-state index in [-0.39, 0.29) is 23.5 Å². The largest absolute Gasteiger partial charge is 0.466 e. The van der Waals surface area contributed by atoms with E-state index in [4.69, 9.17) is 11.1 Å². The van der Waals surface area contributed by atoms with Crippen LogP contribution in [0.15, 0.2) is 0 Å². The Balaban J connectivity index is 0. The lowest BCUT2D eigenvalue weighted by atomic mass is 10.5. The minimum Gasteiger partial charge on any atom is -0.466 e. The van der Waals surface area contributed by atoms with Crippen molar-refractivity contribution in [3.8, 4) is 0 Å². The van der Waals surface area contributed by atoms with Gasteiger partial charge in [0.1, 0.15) is 0 Å². The van der Waals surface area contributed by atoms with Crippen molar-refractivity contribution in [2.75, 3.05) is 12.4 Å². The zero-order valence-electron chi connectivity index (χ0n) is 6.83. The third-order valence-electron chi connectivity index (χ3n) is 0.869. The number of hydrogen-bond donors (Lipinski definition) is 2. The molecule has 4 nitrogen and oxygen atoms in total. The number of hydrogen-bond acceptors (Lipinski definition) is 4. The lowest BCUT2D eigenvalue weighted by molar-refractivity contribution is -0.142. The molecule has 0 spiro atoms. The molecule has 12 heavy (non-hydrogen) atoms. The Morgan fingerprint density at radius 3 is 2.67 bits per heavy atom. The second-order valence-corrected chi connectivity index (χ2v) is 2.90. The van der Waals surface area contributed by atoms with Crippen LogP contribution in [-0.4, -0.2) is 23.5 Å². The molecule has 0 aliphatic rings. The molecule has 0 radical (unpaired) electrons. The van der Waals surface area contributed by atoms with Crippen molar-refractivity contribution in [3.05, 3.63) is 0 Å². The highest BCUT2D eigenvalue weighted by Gasteiger charge is 2.00. The molecule has 72 valence electrons. The van der Waals surface area contributed by atoms with Crippen molar-refractivity contribution in [2.45, 2.75) is 13.3 Å². The molecule has 6 heteroatoms. The summed E-state index contributed by atoms with van der Waals surface area (Å²) < 4.78 is 4.66. The molecule has 0 unspecified atom stereocenters. The average Bonchev–Trinajstić information content (AvgIpc) is 1.87. The maximum atomic E-state index is 10.7. The highest BCUT2D eigenvalue weighted by Crippen LogP contribution is 2.01. The Hall–Kier alpha value is -0.420. The third kappa shape index (κ3) is 9.58. The van der Waals surface area contributed by atoms with E-state index in [0.717, 1.165) is 11.8 Å². The number of nitrogens with one attached hydrogen (secondary N) is 1. The summed E-state index contributed by atoms with van der Waals surface area (Å²) in [6.45, 7) is 2.17. The van der Waals surface area contributed by atoms with E-state index in [1.54, 1.807) is 6.92 Å². The monoisotopic (exact) mass is 212 g/mol. The van der Waals surface area contributed by atoms with Crippen molar-refractivity contribution < 1.29 is 9.53 Å². The Morgan fingerprint density at radius 1 is 1.67 bits per heavy atom. The van der Waals surface area contributed by atoms with E-state index >= 15 is 0 Å². The topological polar surface area (TPSA) is 76.2 Å². The number of ether oxygens (including phenoxy) is 1. The fourth-order valence-corrected chi connectivity index (χ4v) is 0.966. The second kappa shape index (κ2) is 8.67. The number of halogens is 1. The molecule has 0 amide bonds. The van der Waals surface area contributed by atoms with Gasteiger partial charge in [0.05, 0.1) is 13.0 Å². The van der Waals surface area contributed by atoms with Gasteiger partial charge < -0.3 is 10.5 Å². The van der Waals surface area contributed by atoms with Gasteiger partial charge in [-0.25, -0.2) is 0 Å². The normalized spacial score (nSPS) is 8.42. The molecule has 3 N–H and O–H groups in total. The molecule has 0 aromatic heterocycles. The molecule has 0 heterocycles. The molecule has 0 fully saturated rings. The standard InChI is InChI=1S/C6H12N2O2S.ClH/c1-2-10-5(9)3-4-11-6(7)8;/h2-4H2,1H3,(H3,7,8);1H. The van der Waals surface area contributed by atoms with Gasteiger partial charge in [-0.15, -0.1) is 12.4 Å². The van der Waals surface area contributed by atoms with Gasteiger partial charge in [-0.05, 0) is 6.92 Å². The fraction of sp³-hybridized carbons (Fsp3) is 0.667. The Morgan fingerprint density at radius 2 is 2.25 bits per heavy atom. The van der Waals surface area contributed by atoms with Crippen molar-refractivity contribution >= 4 is 35.3 Å². The van der Waals surface area contributed by atoms with Crippen molar-refractivity contribution in [1.82, 2.24) is 0 Å². The molecular formula is C6H13ClN2O2S. The summed E-state index contributed by atoms with van der Waals surface area (Å²) in [7, 11) is 0. The van der Waals surface area contributed by atoms with Gasteiger partial charge in [0.15, 0.2) is 5.17 Å². The SMILES string of the molecule is CCOC(=O)CCSC(=N)N.Cl. The number of esters is 1. The van der Waals surface area contributed by atoms with Gasteiger partial charge in [0.2, 0.25) is 0 Å². The van der Waals surface area contributed by atoms with E-state index < -0.39 is 0 Å². The van der Waals surface area contributed by atoms with Gasteiger partial charge in [-0.1, -0.05) is 11.8 Å². The molecule has 0 saturated carbocycles. The lowest BCUT2D eigenvalue weighted by Gasteiger charge is -1.99. The Bertz CT molecular complexity index is 154. The van der Waals surface area contributed by atoms with Crippen LogP contribution in [0.25, 0.3) is 0 Å². The predicted octanol–water partition coefficient (Wildman–Crippen LogP) is 0.988. The van der Waals surface area contributed by atoms with Crippen LogP contribution in [0.3, 0.4) is 0 Å². The van der Waals surface area contributed by atoms with Crippen molar-refractivity contribution in [3.63, 3.8) is 0 Å². The number of thioether (sulfide) groups is 1. The van der Waals surface area contributed by atoms with E-state index in [0.29, 0.717) is 18.8 Å². The summed E-state index contributed by atoms with van der Waals surface area (Å²) >= 11 is 1.15. The number of nitrogens with two attached hydrogens (primary N) is 1. The summed E-state index contributed by atoms with van der Waals surface area (Å²) in [5.74, 6) is 0.287. The lowest BCUT2D eigenvalue weighted by Crippen LogP contribution is -2.09. The second-order valence-electron chi connectivity index (χ2n) is 1.77. The van der Waals surface area contributed by atoms with Crippen LogP contribution < -0.4 is 5.73 Å². The van der Waals surface area contributed by atoms with Gasteiger partial charge in [-0.2, -0.15) is 0 Å². The minimum atomic E-state index is -0.235. The maximum absolute atomic E-state index is 10.7. The van der Waals surface area contributed by atoms with Crippen LogP contribution in [0, 0.1) is 5.41 Å². The first kappa shape index (κ1) is 14.1. The molecule has 0 atom stereocenters. The summed E-state index contributed by atoms with van der Waals surface area (Å²) in [6.07, 6.45) is 0.318. The van der Waals surface area contributed by atoms with E-state index in [2.05, 4.69) is 4.74 Å². The number of carbonyl (C=O) groups is 1. The van der Waals surface area contributed by atoms with Crippen LogP contribution in [0.5, 0.6) is 0 Å². The molecule has 0 bridgehead atoms.